The highest BCUT2D eigenvalue weighted by molar-refractivity contribution is 5.97. The number of carbonyl (C=O) groups excluding carboxylic acids is 2. The summed E-state index contributed by atoms with van der Waals surface area (Å²) in [6, 6.07) is 6.51. The van der Waals surface area contributed by atoms with Crippen molar-refractivity contribution in [3.05, 3.63) is 29.8 Å². The molecule has 1 heterocycles. The lowest BCUT2D eigenvalue weighted by atomic mass is 10.1. The normalized spacial score (nSPS) is 15.1. The molecule has 0 aromatic heterocycles. The zero-order chi connectivity index (χ0) is 15.2. The van der Waals surface area contributed by atoms with Gasteiger partial charge in [-0.2, -0.15) is 0 Å². The molecular formula is C15H21N3O3. The molecule has 21 heavy (non-hydrogen) atoms. The van der Waals surface area contributed by atoms with Crippen molar-refractivity contribution in [1.29, 1.82) is 0 Å². The van der Waals surface area contributed by atoms with Gasteiger partial charge in [-0.15, -0.1) is 0 Å². The van der Waals surface area contributed by atoms with E-state index in [1.165, 1.54) is 6.07 Å². The first-order valence-corrected chi connectivity index (χ1v) is 7.18. The minimum Gasteiger partial charge on any atom is -0.507 e. The Kier molecular flexibility index (Phi) is 5.16. The van der Waals surface area contributed by atoms with Gasteiger partial charge in [-0.1, -0.05) is 12.1 Å². The summed E-state index contributed by atoms with van der Waals surface area (Å²) in [6.07, 6.45) is 1.15. The molecule has 1 aliphatic rings. The molecule has 0 atom stereocenters. The second kappa shape index (κ2) is 7.08. The van der Waals surface area contributed by atoms with Crippen LogP contribution in [0.5, 0.6) is 5.75 Å². The van der Waals surface area contributed by atoms with Crippen LogP contribution < -0.4 is 5.73 Å². The van der Waals surface area contributed by atoms with Gasteiger partial charge >= 0.3 is 0 Å². The van der Waals surface area contributed by atoms with E-state index in [0.29, 0.717) is 51.1 Å². The SMILES string of the molecule is NCCCC(=O)N1CCN(C(=O)c2ccccc2O)CC1. The number of phenolic OH excluding ortho intramolecular Hbond substituents is 1. The third kappa shape index (κ3) is 3.72. The first-order chi connectivity index (χ1) is 10.1. The van der Waals surface area contributed by atoms with E-state index in [4.69, 9.17) is 5.73 Å². The third-order valence-corrected chi connectivity index (χ3v) is 3.65. The van der Waals surface area contributed by atoms with Crippen LogP contribution in [0.1, 0.15) is 23.2 Å². The second-order valence-corrected chi connectivity index (χ2v) is 5.08. The fourth-order valence-electron chi connectivity index (χ4n) is 2.40. The van der Waals surface area contributed by atoms with Crippen molar-refractivity contribution in [3.63, 3.8) is 0 Å². The highest BCUT2D eigenvalue weighted by Gasteiger charge is 2.25. The Morgan fingerprint density at radius 1 is 1.10 bits per heavy atom. The molecule has 0 bridgehead atoms. The summed E-state index contributed by atoms with van der Waals surface area (Å²) < 4.78 is 0. The Balaban J connectivity index is 1.91. The number of piperazine rings is 1. The minimum absolute atomic E-state index is 0.0102. The summed E-state index contributed by atoms with van der Waals surface area (Å²) in [6.45, 7) is 2.55. The van der Waals surface area contributed by atoms with Gasteiger partial charge in [0.05, 0.1) is 5.56 Å². The van der Waals surface area contributed by atoms with Crippen LogP contribution in [0.4, 0.5) is 0 Å². The van der Waals surface area contributed by atoms with E-state index in [2.05, 4.69) is 0 Å². The van der Waals surface area contributed by atoms with Crippen LogP contribution in [0.15, 0.2) is 24.3 Å². The van der Waals surface area contributed by atoms with Gasteiger partial charge in [0.25, 0.3) is 5.91 Å². The lowest BCUT2D eigenvalue weighted by Gasteiger charge is -2.35. The molecule has 1 aromatic rings. The molecule has 6 heteroatoms. The summed E-state index contributed by atoms with van der Waals surface area (Å²) in [4.78, 5) is 27.6. The maximum atomic E-state index is 12.3. The Labute approximate surface area is 124 Å². The quantitative estimate of drug-likeness (QED) is 0.841. The molecule has 0 aliphatic carbocycles. The average molecular weight is 291 g/mol. The molecule has 2 amide bonds. The van der Waals surface area contributed by atoms with E-state index in [0.717, 1.165) is 0 Å². The van der Waals surface area contributed by atoms with Crippen molar-refractivity contribution >= 4 is 11.8 Å². The average Bonchev–Trinajstić information content (AvgIpc) is 2.52. The molecule has 1 fully saturated rings. The summed E-state index contributed by atoms with van der Waals surface area (Å²) in [5.74, 6) is -0.110. The number of phenols is 1. The zero-order valence-corrected chi connectivity index (χ0v) is 12.0. The predicted octanol–water partition coefficient (Wildman–Crippen LogP) is 0.416. The number of carbonyl (C=O) groups is 2. The minimum atomic E-state index is -0.192. The van der Waals surface area contributed by atoms with Crippen LogP contribution in [0.2, 0.25) is 0 Å². The van der Waals surface area contributed by atoms with E-state index in [-0.39, 0.29) is 17.6 Å². The number of para-hydroxylation sites is 1. The van der Waals surface area contributed by atoms with E-state index in [1.807, 2.05) is 0 Å². The third-order valence-electron chi connectivity index (χ3n) is 3.65. The Morgan fingerprint density at radius 2 is 1.71 bits per heavy atom. The number of amides is 2. The van der Waals surface area contributed by atoms with Crippen LogP contribution in [0.3, 0.4) is 0 Å². The molecule has 3 N–H and O–H groups in total. The van der Waals surface area contributed by atoms with E-state index >= 15 is 0 Å². The van der Waals surface area contributed by atoms with Gasteiger partial charge in [0.2, 0.25) is 5.91 Å². The van der Waals surface area contributed by atoms with Gasteiger partial charge in [0.15, 0.2) is 0 Å². The molecule has 0 unspecified atom stereocenters. The molecule has 6 nitrogen and oxygen atoms in total. The van der Waals surface area contributed by atoms with E-state index in [1.54, 1.807) is 28.0 Å². The monoisotopic (exact) mass is 291 g/mol. The molecular weight excluding hydrogens is 270 g/mol. The Hall–Kier alpha value is -2.08. The summed E-state index contributed by atoms with van der Waals surface area (Å²) in [5.41, 5.74) is 5.71. The number of nitrogens with two attached hydrogens (primary N) is 1. The van der Waals surface area contributed by atoms with Gasteiger partial charge in [0, 0.05) is 32.6 Å². The standard InChI is InChI=1S/C15H21N3O3/c16-7-3-6-14(20)17-8-10-18(11-9-17)15(21)12-4-1-2-5-13(12)19/h1-2,4-5,19H,3,6-11,16H2. The number of nitrogens with zero attached hydrogens (tertiary/aromatic N) is 2. The molecule has 0 spiro atoms. The number of hydrogen-bond donors (Lipinski definition) is 2. The van der Waals surface area contributed by atoms with Crippen molar-refractivity contribution in [2.24, 2.45) is 5.73 Å². The maximum absolute atomic E-state index is 12.3. The van der Waals surface area contributed by atoms with E-state index in [9.17, 15) is 14.7 Å². The second-order valence-electron chi connectivity index (χ2n) is 5.08. The fraction of sp³-hybridized carbons (Fsp3) is 0.467. The highest BCUT2D eigenvalue weighted by Crippen LogP contribution is 2.18. The van der Waals surface area contributed by atoms with Crippen LogP contribution in [-0.4, -0.2) is 59.4 Å². The van der Waals surface area contributed by atoms with Crippen molar-refractivity contribution in [3.8, 4) is 5.75 Å². The lowest BCUT2D eigenvalue weighted by Crippen LogP contribution is -2.50. The van der Waals surface area contributed by atoms with Crippen molar-refractivity contribution in [2.45, 2.75) is 12.8 Å². The first-order valence-electron chi connectivity index (χ1n) is 7.18. The predicted molar refractivity (Wildman–Crippen MR) is 78.9 cm³/mol. The molecule has 2 rings (SSSR count). The lowest BCUT2D eigenvalue weighted by molar-refractivity contribution is -0.132. The largest absolute Gasteiger partial charge is 0.507 e. The van der Waals surface area contributed by atoms with Crippen LogP contribution in [-0.2, 0) is 4.79 Å². The van der Waals surface area contributed by atoms with Crippen LogP contribution in [0.25, 0.3) is 0 Å². The fourth-order valence-corrected chi connectivity index (χ4v) is 2.40. The summed E-state index contributed by atoms with van der Waals surface area (Å²) in [7, 11) is 0. The van der Waals surface area contributed by atoms with Crippen molar-refractivity contribution in [1.82, 2.24) is 9.80 Å². The topological polar surface area (TPSA) is 86.9 Å². The molecule has 1 aliphatic heterocycles. The molecule has 1 aromatic carbocycles. The van der Waals surface area contributed by atoms with Crippen LogP contribution in [0, 0.1) is 0 Å². The van der Waals surface area contributed by atoms with Crippen molar-refractivity contribution in [2.75, 3.05) is 32.7 Å². The molecule has 0 saturated carbocycles. The van der Waals surface area contributed by atoms with Gasteiger partial charge < -0.3 is 20.6 Å². The Bertz CT molecular complexity index is 511. The highest BCUT2D eigenvalue weighted by atomic mass is 16.3. The molecule has 1 saturated heterocycles. The maximum Gasteiger partial charge on any atom is 0.257 e. The van der Waals surface area contributed by atoms with Crippen molar-refractivity contribution < 1.29 is 14.7 Å². The van der Waals surface area contributed by atoms with E-state index < -0.39 is 0 Å². The van der Waals surface area contributed by atoms with Gasteiger partial charge in [0.1, 0.15) is 5.75 Å². The summed E-state index contributed by atoms with van der Waals surface area (Å²) >= 11 is 0. The van der Waals surface area contributed by atoms with Gasteiger partial charge in [-0.3, -0.25) is 9.59 Å². The van der Waals surface area contributed by atoms with Gasteiger partial charge in [-0.05, 0) is 25.1 Å². The number of aromatic hydroxyl groups is 1. The number of hydrogen-bond acceptors (Lipinski definition) is 4. The molecule has 0 radical (unpaired) electrons. The van der Waals surface area contributed by atoms with Crippen LogP contribution >= 0.6 is 0 Å². The van der Waals surface area contributed by atoms with Gasteiger partial charge in [-0.25, -0.2) is 0 Å². The smallest absolute Gasteiger partial charge is 0.257 e. The summed E-state index contributed by atoms with van der Waals surface area (Å²) in [5, 5.41) is 9.73. The first kappa shape index (κ1) is 15.3. The number of rotatable bonds is 4. The molecule has 114 valence electrons. The number of benzene rings is 1. The zero-order valence-electron chi connectivity index (χ0n) is 12.0. The Morgan fingerprint density at radius 3 is 2.33 bits per heavy atom.